The molecule has 0 radical (unpaired) electrons. The summed E-state index contributed by atoms with van der Waals surface area (Å²) >= 11 is 5.87. The Kier molecular flexibility index (Phi) is 4.54. The smallest absolute Gasteiger partial charge is 0.229 e. The van der Waals surface area contributed by atoms with Crippen molar-refractivity contribution >= 4 is 27.3 Å². The minimum Gasteiger partial charge on any atom is -0.381 e. The highest BCUT2D eigenvalue weighted by Crippen LogP contribution is 2.28. The number of hydrogen-bond acceptors (Lipinski definition) is 5. The van der Waals surface area contributed by atoms with Crippen molar-refractivity contribution in [3.8, 4) is 5.69 Å². The van der Waals surface area contributed by atoms with Crippen molar-refractivity contribution in [3.05, 3.63) is 59.1 Å². The van der Waals surface area contributed by atoms with Gasteiger partial charge in [-0.1, -0.05) is 49.7 Å². The van der Waals surface area contributed by atoms with Crippen LogP contribution in [0.3, 0.4) is 0 Å². The molecule has 2 aromatic carbocycles. The first-order valence-electron chi connectivity index (χ1n) is 7.93. The van der Waals surface area contributed by atoms with Gasteiger partial charge in [0.05, 0.1) is 10.6 Å². The zero-order valence-corrected chi connectivity index (χ0v) is 16.2. The molecule has 0 bridgehead atoms. The van der Waals surface area contributed by atoms with Crippen LogP contribution in [0.1, 0.15) is 26.3 Å². The van der Waals surface area contributed by atoms with E-state index in [9.17, 15) is 8.42 Å². The molecule has 0 aliphatic carbocycles. The van der Waals surface area contributed by atoms with Gasteiger partial charge in [0, 0.05) is 5.02 Å². The van der Waals surface area contributed by atoms with E-state index in [2.05, 4.69) is 31.1 Å². The van der Waals surface area contributed by atoms with Gasteiger partial charge in [-0.05, 0) is 47.4 Å². The quantitative estimate of drug-likeness (QED) is 0.737. The van der Waals surface area contributed by atoms with Gasteiger partial charge in [-0.25, -0.2) is 8.42 Å². The van der Waals surface area contributed by atoms with Gasteiger partial charge in [-0.15, -0.1) is 5.10 Å². The minimum atomic E-state index is -3.87. The number of aromatic nitrogens is 3. The molecule has 1 aromatic heterocycles. The summed E-state index contributed by atoms with van der Waals surface area (Å²) in [5.41, 5.74) is 7.56. The van der Waals surface area contributed by atoms with Crippen LogP contribution in [0.5, 0.6) is 0 Å². The van der Waals surface area contributed by atoms with Gasteiger partial charge >= 0.3 is 0 Å². The maximum Gasteiger partial charge on any atom is 0.229 e. The van der Waals surface area contributed by atoms with Crippen molar-refractivity contribution in [2.24, 2.45) is 0 Å². The van der Waals surface area contributed by atoms with E-state index in [1.807, 2.05) is 0 Å². The molecule has 3 rings (SSSR count). The number of nitrogens with zero attached hydrogens (tertiary/aromatic N) is 3. The Morgan fingerprint density at radius 2 is 1.58 bits per heavy atom. The van der Waals surface area contributed by atoms with E-state index in [0.717, 1.165) is 5.56 Å². The van der Waals surface area contributed by atoms with E-state index < -0.39 is 9.84 Å². The fraction of sp³-hybridized carbons (Fsp3) is 0.222. The van der Waals surface area contributed by atoms with Gasteiger partial charge in [0.1, 0.15) is 0 Å². The Morgan fingerprint density at radius 3 is 2.12 bits per heavy atom. The number of anilines is 1. The highest BCUT2D eigenvalue weighted by molar-refractivity contribution is 7.91. The maximum atomic E-state index is 12.9. The SMILES string of the molecule is CC(C)(C)c1ccc(S(=O)(=O)c2nnn(-c3ccc(Cl)cc3)c2N)cc1. The Morgan fingerprint density at radius 1 is 1.00 bits per heavy atom. The van der Waals surface area contributed by atoms with E-state index in [0.29, 0.717) is 10.7 Å². The van der Waals surface area contributed by atoms with Gasteiger partial charge in [0.15, 0.2) is 5.82 Å². The van der Waals surface area contributed by atoms with Crippen LogP contribution in [0.15, 0.2) is 58.5 Å². The molecule has 0 spiro atoms. The molecule has 0 saturated carbocycles. The molecule has 3 aromatic rings. The molecular weight excluding hydrogens is 372 g/mol. The average Bonchev–Trinajstić information content (AvgIpc) is 2.97. The number of halogens is 1. The number of hydrogen-bond donors (Lipinski definition) is 1. The largest absolute Gasteiger partial charge is 0.381 e. The molecule has 8 heteroatoms. The highest BCUT2D eigenvalue weighted by Gasteiger charge is 2.27. The van der Waals surface area contributed by atoms with Crippen molar-refractivity contribution in [3.63, 3.8) is 0 Å². The van der Waals surface area contributed by atoms with E-state index in [4.69, 9.17) is 17.3 Å². The third-order valence-electron chi connectivity index (χ3n) is 4.03. The second-order valence-electron chi connectivity index (χ2n) is 6.95. The second kappa shape index (κ2) is 6.41. The molecule has 0 atom stereocenters. The number of benzene rings is 2. The van der Waals surface area contributed by atoms with Crippen molar-refractivity contribution in [2.45, 2.75) is 36.1 Å². The van der Waals surface area contributed by atoms with Gasteiger partial charge in [0.25, 0.3) is 0 Å². The lowest BCUT2D eigenvalue weighted by molar-refractivity contribution is 0.585. The Balaban J connectivity index is 2.02. The predicted octanol–water partition coefficient (Wildman–Crippen LogP) is 3.63. The summed E-state index contributed by atoms with van der Waals surface area (Å²) in [4.78, 5) is 0.125. The minimum absolute atomic E-state index is 0.0489. The van der Waals surface area contributed by atoms with E-state index >= 15 is 0 Å². The van der Waals surface area contributed by atoms with Gasteiger partial charge in [-0.3, -0.25) is 0 Å². The average molecular weight is 391 g/mol. The Labute approximate surface area is 157 Å². The molecule has 0 saturated heterocycles. The number of sulfone groups is 1. The Bertz CT molecular complexity index is 1030. The van der Waals surface area contributed by atoms with Crippen LogP contribution in [0.2, 0.25) is 5.02 Å². The molecule has 0 aliphatic heterocycles. The first-order valence-corrected chi connectivity index (χ1v) is 9.79. The molecule has 0 amide bonds. The van der Waals surface area contributed by atoms with Crippen molar-refractivity contribution in [1.82, 2.24) is 15.0 Å². The third kappa shape index (κ3) is 3.32. The number of nitrogen functional groups attached to an aromatic ring is 1. The molecule has 2 N–H and O–H groups in total. The summed E-state index contributed by atoms with van der Waals surface area (Å²) in [6.07, 6.45) is 0. The number of rotatable bonds is 3. The van der Waals surface area contributed by atoms with Gasteiger partial charge in [-0.2, -0.15) is 4.68 Å². The fourth-order valence-corrected chi connectivity index (χ4v) is 3.83. The van der Waals surface area contributed by atoms with E-state index in [1.54, 1.807) is 48.5 Å². The second-order valence-corrected chi connectivity index (χ2v) is 9.25. The zero-order chi connectivity index (χ0) is 19.1. The van der Waals surface area contributed by atoms with Crippen LogP contribution >= 0.6 is 11.6 Å². The lowest BCUT2D eigenvalue weighted by atomic mass is 9.87. The van der Waals surface area contributed by atoms with Crippen LogP contribution in [0, 0.1) is 0 Å². The van der Waals surface area contributed by atoms with Gasteiger partial charge in [0.2, 0.25) is 14.9 Å². The molecule has 6 nitrogen and oxygen atoms in total. The van der Waals surface area contributed by atoms with Crippen LogP contribution in [0.4, 0.5) is 5.82 Å². The Hall–Kier alpha value is -2.38. The lowest BCUT2D eigenvalue weighted by Gasteiger charge is -2.19. The zero-order valence-electron chi connectivity index (χ0n) is 14.6. The normalized spacial score (nSPS) is 12.3. The third-order valence-corrected chi connectivity index (χ3v) is 5.97. The van der Waals surface area contributed by atoms with Crippen LogP contribution in [-0.2, 0) is 15.3 Å². The summed E-state index contributed by atoms with van der Waals surface area (Å²) in [5.74, 6) is -0.0489. The molecule has 0 aliphatic rings. The maximum absolute atomic E-state index is 12.9. The summed E-state index contributed by atoms with van der Waals surface area (Å²) in [5, 5.41) is 7.97. The van der Waals surface area contributed by atoms with Gasteiger partial charge < -0.3 is 5.73 Å². The van der Waals surface area contributed by atoms with Crippen LogP contribution in [0.25, 0.3) is 5.69 Å². The summed E-state index contributed by atoms with van der Waals surface area (Å²) in [6, 6.07) is 13.4. The molecule has 0 unspecified atom stereocenters. The monoisotopic (exact) mass is 390 g/mol. The van der Waals surface area contributed by atoms with Crippen LogP contribution in [-0.4, -0.2) is 23.4 Å². The van der Waals surface area contributed by atoms with Crippen molar-refractivity contribution in [2.75, 3.05) is 5.73 Å². The molecular formula is C18H19ClN4O2S. The summed E-state index contributed by atoms with van der Waals surface area (Å²) < 4.78 is 27.1. The summed E-state index contributed by atoms with van der Waals surface area (Å²) in [6.45, 7) is 6.19. The molecule has 1 heterocycles. The topological polar surface area (TPSA) is 90.9 Å². The molecule has 26 heavy (non-hydrogen) atoms. The standard InChI is InChI=1S/C18H19ClN4O2S/c1-18(2,3)12-4-10-15(11-5-12)26(24,25)17-16(20)23(22-21-17)14-8-6-13(19)7-9-14/h4-11H,20H2,1-3H3. The molecule has 0 fully saturated rings. The first kappa shape index (κ1) is 18.4. The van der Waals surface area contributed by atoms with E-state index in [-0.39, 0.29) is 21.2 Å². The fourth-order valence-electron chi connectivity index (χ4n) is 2.49. The summed E-state index contributed by atoms with van der Waals surface area (Å²) in [7, 11) is -3.87. The highest BCUT2D eigenvalue weighted by atomic mass is 35.5. The van der Waals surface area contributed by atoms with Crippen molar-refractivity contribution in [1.29, 1.82) is 0 Å². The predicted molar refractivity (Wildman–Crippen MR) is 101 cm³/mol. The first-order chi connectivity index (χ1) is 12.1. The molecule has 136 valence electrons. The van der Waals surface area contributed by atoms with Crippen LogP contribution < -0.4 is 5.73 Å². The van der Waals surface area contributed by atoms with Crippen molar-refractivity contribution < 1.29 is 8.42 Å². The number of nitrogens with two attached hydrogens (primary N) is 1. The van der Waals surface area contributed by atoms with E-state index in [1.165, 1.54) is 4.68 Å². The lowest BCUT2D eigenvalue weighted by Crippen LogP contribution is -2.12.